The number of halogens is 3. The maximum Gasteiger partial charge on any atom is 0.260 e. The molecule has 3 rings (SSSR count). The van der Waals surface area contributed by atoms with Crippen LogP contribution in [0, 0.1) is 5.82 Å². The normalized spacial score (nSPS) is 10.7. The van der Waals surface area contributed by atoms with Crippen molar-refractivity contribution in [2.45, 2.75) is 13.2 Å². The minimum absolute atomic E-state index is 0.0969. The smallest absolute Gasteiger partial charge is 0.260 e. The standard InChI is InChI=1S/C16H15Cl2FN6O2/c1-26-14-6-9(7-21-25-16(20)22-23-24-25)5-12(18)15(14)27-8-10-11(17)3-2-4-13(10)19/h2-6,21H,7-8H2,1H3,(H2,20,22,24). The minimum Gasteiger partial charge on any atom is -0.493 e. The topological polar surface area (TPSA) is 100 Å². The molecule has 0 aliphatic heterocycles. The molecule has 142 valence electrons. The van der Waals surface area contributed by atoms with Crippen molar-refractivity contribution in [3.8, 4) is 11.5 Å². The van der Waals surface area contributed by atoms with E-state index in [0.29, 0.717) is 17.3 Å². The van der Waals surface area contributed by atoms with Crippen molar-refractivity contribution in [1.29, 1.82) is 0 Å². The fourth-order valence-electron chi connectivity index (χ4n) is 2.30. The number of nitrogens with two attached hydrogens (primary N) is 1. The number of nitrogens with one attached hydrogen (secondary N) is 1. The van der Waals surface area contributed by atoms with Gasteiger partial charge in [0.25, 0.3) is 5.95 Å². The molecule has 0 atom stereocenters. The largest absolute Gasteiger partial charge is 0.493 e. The van der Waals surface area contributed by atoms with Gasteiger partial charge in [-0.15, -0.1) is 4.79 Å². The molecule has 0 aliphatic carbocycles. The van der Waals surface area contributed by atoms with Crippen molar-refractivity contribution in [2.75, 3.05) is 18.3 Å². The lowest BCUT2D eigenvalue weighted by Crippen LogP contribution is -2.18. The van der Waals surface area contributed by atoms with E-state index in [4.69, 9.17) is 38.4 Å². The van der Waals surface area contributed by atoms with E-state index in [1.54, 1.807) is 18.2 Å². The van der Waals surface area contributed by atoms with Gasteiger partial charge in [-0.3, -0.25) is 0 Å². The highest BCUT2D eigenvalue weighted by molar-refractivity contribution is 6.32. The summed E-state index contributed by atoms with van der Waals surface area (Å²) in [6.07, 6.45) is 0. The van der Waals surface area contributed by atoms with Crippen molar-refractivity contribution in [3.05, 3.63) is 57.3 Å². The van der Waals surface area contributed by atoms with Crippen molar-refractivity contribution < 1.29 is 13.9 Å². The Kier molecular flexibility index (Phi) is 5.82. The van der Waals surface area contributed by atoms with Crippen LogP contribution in [-0.2, 0) is 13.2 Å². The number of nitrogens with zero attached hydrogens (tertiary/aromatic N) is 4. The van der Waals surface area contributed by atoms with E-state index in [1.165, 1.54) is 24.0 Å². The Morgan fingerprint density at radius 2 is 2.07 bits per heavy atom. The summed E-state index contributed by atoms with van der Waals surface area (Å²) in [5, 5.41) is 11.2. The summed E-state index contributed by atoms with van der Waals surface area (Å²) < 4.78 is 24.9. The van der Waals surface area contributed by atoms with Crippen LogP contribution in [0.25, 0.3) is 0 Å². The molecule has 3 aromatic rings. The first-order valence-corrected chi connectivity index (χ1v) is 8.45. The molecule has 3 N–H and O–H groups in total. The lowest BCUT2D eigenvalue weighted by atomic mass is 10.2. The summed E-state index contributed by atoms with van der Waals surface area (Å²) in [5.74, 6) is 0.327. The Labute approximate surface area is 163 Å². The third kappa shape index (κ3) is 4.32. The fourth-order valence-corrected chi connectivity index (χ4v) is 2.81. The predicted molar refractivity (Wildman–Crippen MR) is 99.0 cm³/mol. The maximum absolute atomic E-state index is 13.9. The van der Waals surface area contributed by atoms with Gasteiger partial charge in [-0.25, -0.2) is 4.39 Å². The first-order chi connectivity index (χ1) is 13.0. The summed E-state index contributed by atoms with van der Waals surface area (Å²) in [5.41, 5.74) is 9.50. The summed E-state index contributed by atoms with van der Waals surface area (Å²) in [6, 6.07) is 7.81. The molecule has 0 aliphatic rings. The van der Waals surface area contributed by atoms with E-state index in [-0.39, 0.29) is 28.9 Å². The van der Waals surface area contributed by atoms with Crippen molar-refractivity contribution in [3.63, 3.8) is 0 Å². The number of benzene rings is 2. The number of tetrazole rings is 1. The molecule has 2 aromatic carbocycles. The van der Waals surface area contributed by atoms with Crippen molar-refractivity contribution in [2.24, 2.45) is 0 Å². The molecule has 8 nitrogen and oxygen atoms in total. The summed E-state index contributed by atoms with van der Waals surface area (Å²) in [7, 11) is 1.48. The van der Waals surface area contributed by atoms with Gasteiger partial charge in [-0.05, 0) is 40.3 Å². The Hall–Kier alpha value is -2.78. The van der Waals surface area contributed by atoms with E-state index < -0.39 is 5.82 Å². The zero-order valence-electron chi connectivity index (χ0n) is 14.1. The van der Waals surface area contributed by atoms with Crippen LogP contribution in [0.2, 0.25) is 10.0 Å². The highest BCUT2D eigenvalue weighted by atomic mass is 35.5. The second-order valence-corrected chi connectivity index (χ2v) is 6.20. The highest BCUT2D eigenvalue weighted by Gasteiger charge is 2.15. The average molecular weight is 413 g/mol. The summed E-state index contributed by atoms with van der Waals surface area (Å²) in [4.78, 5) is 1.23. The molecule has 0 saturated heterocycles. The first-order valence-electron chi connectivity index (χ1n) is 7.69. The molecule has 0 saturated carbocycles. The first kappa shape index (κ1) is 19.0. The zero-order valence-corrected chi connectivity index (χ0v) is 15.6. The molecule has 1 aromatic heterocycles. The molecule has 0 bridgehead atoms. The SMILES string of the molecule is COc1cc(CNn2nnnc2N)cc(Cl)c1OCc1c(F)cccc1Cl. The van der Waals surface area contributed by atoms with Gasteiger partial charge in [-0.1, -0.05) is 34.4 Å². The summed E-state index contributed by atoms with van der Waals surface area (Å²) in [6.45, 7) is 0.227. The van der Waals surface area contributed by atoms with Crippen molar-refractivity contribution in [1.82, 2.24) is 20.3 Å². The number of anilines is 1. The van der Waals surface area contributed by atoms with Gasteiger partial charge in [-0.2, -0.15) is 0 Å². The predicted octanol–water partition coefficient (Wildman–Crippen LogP) is 3.03. The van der Waals surface area contributed by atoms with E-state index in [9.17, 15) is 4.39 Å². The highest BCUT2D eigenvalue weighted by Crippen LogP contribution is 2.37. The van der Waals surface area contributed by atoms with Crippen LogP contribution in [0.1, 0.15) is 11.1 Å². The molecule has 0 radical (unpaired) electrons. The Morgan fingerprint density at radius 1 is 1.26 bits per heavy atom. The summed E-state index contributed by atoms with van der Waals surface area (Å²) >= 11 is 12.3. The number of aromatic nitrogens is 4. The molecule has 0 unspecified atom stereocenters. The lowest BCUT2D eigenvalue weighted by Gasteiger charge is -2.15. The van der Waals surface area contributed by atoms with Crippen LogP contribution in [0.5, 0.6) is 11.5 Å². The van der Waals surface area contributed by atoms with Gasteiger partial charge < -0.3 is 20.6 Å². The molecule has 0 amide bonds. The Morgan fingerprint density at radius 3 is 2.74 bits per heavy atom. The number of hydrogen-bond donors (Lipinski definition) is 2. The quantitative estimate of drug-likeness (QED) is 0.614. The Bertz CT molecular complexity index is 932. The minimum atomic E-state index is -0.461. The van der Waals surface area contributed by atoms with Crippen LogP contribution in [0.15, 0.2) is 30.3 Å². The van der Waals surface area contributed by atoms with Gasteiger partial charge in [0.15, 0.2) is 11.5 Å². The number of methoxy groups -OCH3 is 1. The van der Waals surface area contributed by atoms with Gasteiger partial charge in [0, 0.05) is 5.56 Å². The molecule has 1 heterocycles. The van der Waals surface area contributed by atoms with Crippen LogP contribution in [-0.4, -0.2) is 27.4 Å². The maximum atomic E-state index is 13.9. The second kappa shape index (κ2) is 8.28. The molecular formula is C16H15Cl2FN6O2. The van der Waals surface area contributed by atoms with Crippen LogP contribution in [0.4, 0.5) is 10.3 Å². The van der Waals surface area contributed by atoms with Crippen molar-refractivity contribution >= 4 is 29.2 Å². The lowest BCUT2D eigenvalue weighted by molar-refractivity contribution is 0.280. The second-order valence-electron chi connectivity index (χ2n) is 5.38. The number of nitrogen functional groups attached to an aromatic ring is 1. The fraction of sp³-hybridized carbons (Fsp3) is 0.188. The van der Waals surface area contributed by atoms with Crippen LogP contribution >= 0.6 is 23.2 Å². The molecule has 11 heteroatoms. The monoisotopic (exact) mass is 412 g/mol. The van der Waals surface area contributed by atoms with Gasteiger partial charge >= 0.3 is 0 Å². The van der Waals surface area contributed by atoms with Crippen LogP contribution < -0.4 is 20.6 Å². The van der Waals surface area contributed by atoms with Gasteiger partial charge in [0.2, 0.25) is 0 Å². The molecule has 27 heavy (non-hydrogen) atoms. The van der Waals surface area contributed by atoms with E-state index in [1.807, 2.05) is 0 Å². The third-order valence-electron chi connectivity index (χ3n) is 3.64. The number of hydrogen-bond acceptors (Lipinski definition) is 7. The average Bonchev–Trinajstić information content (AvgIpc) is 3.05. The van der Waals surface area contributed by atoms with Gasteiger partial charge in [0.1, 0.15) is 12.4 Å². The van der Waals surface area contributed by atoms with E-state index in [2.05, 4.69) is 21.0 Å². The Balaban J connectivity index is 1.77. The molecule has 0 fully saturated rings. The van der Waals surface area contributed by atoms with E-state index in [0.717, 1.165) is 5.56 Å². The molecule has 0 spiro atoms. The zero-order chi connectivity index (χ0) is 19.4. The van der Waals surface area contributed by atoms with Gasteiger partial charge in [0.05, 0.1) is 23.7 Å². The molecular weight excluding hydrogens is 398 g/mol. The van der Waals surface area contributed by atoms with Crippen LogP contribution in [0.3, 0.4) is 0 Å². The van der Waals surface area contributed by atoms with E-state index >= 15 is 0 Å². The third-order valence-corrected chi connectivity index (χ3v) is 4.27. The number of rotatable bonds is 7. The number of ether oxygens (including phenoxy) is 2.